The molecule has 2 fully saturated rings. The predicted octanol–water partition coefficient (Wildman–Crippen LogP) is 0.922. The highest BCUT2D eigenvalue weighted by atomic mass is 35.5. The van der Waals surface area contributed by atoms with Crippen molar-refractivity contribution in [1.29, 1.82) is 0 Å². The van der Waals surface area contributed by atoms with Gasteiger partial charge < -0.3 is 15.0 Å². The molecule has 1 N–H and O–H groups in total. The van der Waals surface area contributed by atoms with Crippen molar-refractivity contribution in [3.05, 3.63) is 17.0 Å². The summed E-state index contributed by atoms with van der Waals surface area (Å²) in [7, 11) is 0. The van der Waals surface area contributed by atoms with Crippen molar-refractivity contribution < 1.29 is 9.53 Å². The fourth-order valence-electron chi connectivity index (χ4n) is 2.28. The molecule has 6 nitrogen and oxygen atoms in total. The predicted molar refractivity (Wildman–Crippen MR) is 74.9 cm³/mol. The minimum Gasteiger partial charge on any atom is -0.377 e. The molecule has 1 unspecified atom stereocenters. The monoisotopic (exact) mass is 296 g/mol. The number of carbonyl (C=O) groups excluding carboxylic acids is 1. The highest BCUT2D eigenvalue weighted by Gasteiger charge is 2.34. The van der Waals surface area contributed by atoms with E-state index in [0.29, 0.717) is 42.6 Å². The Morgan fingerprint density at radius 3 is 3.00 bits per heavy atom. The van der Waals surface area contributed by atoms with E-state index in [4.69, 9.17) is 16.3 Å². The fourth-order valence-corrected chi connectivity index (χ4v) is 2.50. The summed E-state index contributed by atoms with van der Waals surface area (Å²) >= 11 is 5.98. The number of halogens is 1. The van der Waals surface area contributed by atoms with Gasteiger partial charge in [-0.1, -0.05) is 11.6 Å². The third-order valence-corrected chi connectivity index (χ3v) is 3.64. The van der Waals surface area contributed by atoms with E-state index < -0.39 is 0 Å². The summed E-state index contributed by atoms with van der Waals surface area (Å²) in [5.74, 6) is 1.28. The molecule has 20 heavy (non-hydrogen) atoms. The molecule has 1 aromatic heterocycles. The number of rotatable bonds is 3. The lowest BCUT2D eigenvalue weighted by Crippen LogP contribution is -2.54. The Bertz CT molecular complexity index is 501. The van der Waals surface area contributed by atoms with Crippen molar-refractivity contribution in [3.8, 4) is 0 Å². The van der Waals surface area contributed by atoms with E-state index >= 15 is 0 Å². The molecule has 0 spiro atoms. The maximum Gasteiger partial charge on any atom is 0.245 e. The summed E-state index contributed by atoms with van der Waals surface area (Å²) in [4.78, 5) is 22.7. The number of amides is 1. The quantitative estimate of drug-likeness (QED) is 0.840. The van der Waals surface area contributed by atoms with Crippen molar-refractivity contribution in [2.24, 2.45) is 0 Å². The molecule has 1 amide bonds. The topological polar surface area (TPSA) is 67.4 Å². The maximum absolute atomic E-state index is 12.3. The van der Waals surface area contributed by atoms with Crippen LogP contribution in [0.25, 0.3) is 0 Å². The Morgan fingerprint density at radius 2 is 2.30 bits per heavy atom. The molecule has 2 aliphatic rings. The number of aryl methyl sites for hydroxylation is 1. The van der Waals surface area contributed by atoms with Crippen LogP contribution in [-0.2, 0) is 9.53 Å². The largest absolute Gasteiger partial charge is 0.377 e. The third-order valence-electron chi connectivity index (χ3n) is 3.44. The molecule has 3 rings (SSSR count). The van der Waals surface area contributed by atoms with Gasteiger partial charge in [0.25, 0.3) is 0 Å². The van der Waals surface area contributed by atoms with Gasteiger partial charge in [0, 0.05) is 18.7 Å². The summed E-state index contributed by atoms with van der Waals surface area (Å²) in [6, 6.07) is 1.67. The van der Waals surface area contributed by atoms with Gasteiger partial charge in [-0.25, -0.2) is 9.97 Å². The van der Waals surface area contributed by atoms with Crippen LogP contribution < -0.4 is 10.2 Å². The van der Waals surface area contributed by atoms with Crippen LogP contribution in [0.1, 0.15) is 18.7 Å². The summed E-state index contributed by atoms with van der Waals surface area (Å²) in [5, 5.41) is 3.40. The van der Waals surface area contributed by atoms with Crippen LogP contribution in [0.3, 0.4) is 0 Å². The molecule has 108 valence electrons. The number of morpholine rings is 1. The van der Waals surface area contributed by atoms with Crippen LogP contribution in [0.4, 0.5) is 5.82 Å². The van der Waals surface area contributed by atoms with Crippen LogP contribution in [-0.4, -0.2) is 47.7 Å². The number of nitrogens with zero attached hydrogens (tertiary/aromatic N) is 3. The lowest BCUT2D eigenvalue weighted by molar-refractivity contribution is -0.124. The van der Waals surface area contributed by atoms with Crippen LogP contribution in [0.15, 0.2) is 6.07 Å². The standard InChI is InChI=1S/C13H17ClN4O2/c1-8-15-11(14)6-12(16-8)18-4-5-20-7-10(18)13(19)17-9-2-3-9/h6,9-10H,2-5,7H2,1H3,(H,17,19). The molecular weight excluding hydrogens is 280 g/mol. The van der Waals surface area contributed by atoms with E-state index in [2.05, 4.69) is 15.3 Å². The Hall–Kier alpha value is -1.40. The molecule has 1 saturated carbocycles. The number of hydrogen-bond acceptors (Lipinski definition) is 5. The number of carbonyl (C=O) groups is 1. The lowest BCUT2D eigenvalue weighted by atomic mass is 10.2. The van der Waals surface area contributed by atoms with E-state index in [9.17, 15) is 4.79 Å². The fraction of sp³-hybridized carbons (Fsp3) is 0.615. The zero-order valence-corrected chi connectivity index (χ0v) is 12.1. The average Bonchev–Trinajstić information content (AvgIpc) is 3.21. The molecule has 1 atom stereocenters. The van der Waals surface area contributed by atoms with E-state index in [1.54, 1.807) is 13.0 Å². The highest BCUT2D eigenvalue weighted by Crippen LogP contribution is 2.23. The number of nitrogens with one attached hydrogen (secondary N) is 1. The van der Waals surface area contributed by atoms with Crippen LogP contribution >= 0.6 is 11.6 Å². The first-order valence-electron chi connectivity index (χ1n) is 6.79. The Morgan fingerprint density at radius 1 is 1.50 bits per heavy atom. The van der Waals surface area contributed by atoms with Gasteiger partial charge in [0.2, 0.25) is 5.91 Å². The van der Waals surface area contributed by atoms with E-state index in [1.807, 2.05) is 4.90 Å². The molecular formula is C13H17ClN4O2. The van der Waals surface area contributed by atoms with Gasteiger partial charge in [-0.05, 0) is 19.8 Å². The number of hydrogen-bond donors (Lipinski definition) is 1. The summed E-state index contributed by atoms with van der Waals surface area (Å²) < 4.78 is 5.44. The SMILES string of the molecule is Cc1nc(Cl)cc(N2CCOCC2C(=O)NC2CC2)n1. The van der Waals surface area contributed by atoms with Crippen molar-refractivity contribution in [3.63, 3.8) is 0 Å². The molecule has 1 aromatic rings. The first kappa shape index (κ1) is 13.6. The van der Waals surface area contributed by atoms with Crippen LogP contribution in [0, 0.1) is 6.92 Å². The van der Waals surface area contributed by atoms with Crippen molar-refractivity contribution in [1.82, 2.24) is 15.3 Å². The van der Waals surface area contributed by atoms with Gasteiger partial charge in [-0.15, -0.1) is 0 Å². The summed E-state index contributed by atoms with van der Waals surface area (Å²) in [5.41, 5.74) is 0. The second-order valence-electron chi connectivity index (χ2n) is 5.16. The molecule has 0 bridgehead atoms. The van der Waals surface area contributed by atoms with Crippen molar-refractivity contribution >= 4 is 23.3 Å². The van der Waals surface area contributed by atoms with Gasteiger partial charge in [-0.3, -0.25) is 4.79 Å². The maximum atomic E-state index is 12.3. The first-order chi connectivity index (χ1) is 9.63. The van der Waals surface area contributed by atoms with Gasteiger partial charge in [-0.2, -0.15) is 0 Å². The second-order valence-corrected chi connectivity index (χ2v) is 5.55. The summed E-state index contributed by atoms with van der Waals surface area (Å²) in [6.45, 7) is 3.36. The normalized spacial score (nSPS) is 22.7. The van der Waals surface area contributed by atoms with E-state index in [-0.39, 0.29) is 11.9 Å². The van der Waals surface area contributed by atoms with Gasteiger partial charge >= 0.3 is 0 Å². The number of aromatic nitrogens is 2. The Labute approximate surface area is 122 Å². The smallest absolute Gasteiger partial charge is 0.245 e. The third kappa shape index (κ3) is 3.02. The molecule has 7 heteroatoms. The minimum absolute atomic E-state index is 0.000382. The molecule has 1 aliphatic carbocycles. The zero-order valence-electron chi connectivity index (χ0n) is 11.3. The van der Waals surface area contributed by atoms with E-state index in [1.165, 1.54) is 0 Å². The number of ether oxygens (including phenoxy) is 1. The molecule has 2 heterocycles. The lowest BCUT2D eigenvalue weighted by Gasteiger charge is -2.35. The van der Waals surface area contributed by atoms with Crippen LogP contribution in [0.5, 0.6) is 0 Å². The second kappa shape index (κ2) is 5.54. The molecule has 1 saturated heterocycles. The van der Waals surface area contributed by atoms with Crippen molar-refractivity contribution in [2.45, 2.75) is 31.8 Å². The van der Waals surface area contributed by atoms with Gasteiger partial charge in [0.1, 0.15) is 22.8 Å². The van der Waals surface area contributed by atoms with Gasteiger partial charge in [0.15, 0.2) is 0 Å². The average molecular weight is 297 g/mol. The first-order valence-corrected chi connectivity index (χ1v) is 7.17. The molecule has 0 aromatic carbocycles. The highest BCUT2D eigenvalue weighted by molar-refractivity contribution is 6.29. The number of anilines is 1. The van der Waals surface area contributed by atoms with Crippen LogP contribution in [0.2, 0.25) is 5.15 Å². The van der Waals surface area contributed by atoms with Crippen molar-refractivity contribution in [2.75, 3.05) is 24.7 Å². The minimum atomic E-state index is -0.352. The van der Waals surface area contributed by atoms with E-state index in [0.717, 1.165) is 12.8 Å². The van der Waals surface area contributed by atoms with Gasteiger partial charge in [0.05, 0.1) is 13.2 Å². The Kier molecular flexibility index (Phi) is 3.76. The molecule has 1 aliphatic heterocycles. The Balaban J connectivity index is 1.81. The summed E-state index contributed by atoms with van der Waals surface area (Å²) in [6.07, 6.45) is 2.13. The zero-order chi connectivity index (χ0) is 14.1. The molecule has 0 radical (unpaired) electrons.